The Bertz CT molecular complexity index is 1280. The third-order valence-electron chi connectivity index (χ3n) is 6.50. The quantitative estimate of drug-likeness (QED) is 0.301. The first kappa shape index (κ1) is 25.3. The highest BCUT2D eigenvalue weighted by Gasteiger charge is 2.27. The van der Waals surface area contributed by atoms with Gasteiger partial charge in [0.05, 0.1) is 17.6 Å². The fourth-order valence-electron chi connectivity index (χ4n) is 4.46. The van der Waals surface area contributed by atoms with Crippen molar-refractivity contribution in [3.63, 3.8) is 0 Å². The summed E-state index contributed by atoms with van der Waals surface area (Å²) in [5.41, 5.74) is 0.392. The fraction of sp³-hybridized carbons (Fsp3) is 0.321. The van der Waals surface area contributed by atoms with Crippen LogP contribution in [0.15, 0.2) is 54.6 Å². The first-order chi connectivity index (χ1) is 17.3. The van der Waals surface area contributed by atoms with Gasteiger partial charge in [-0.05, 0) is 79.3 Å². The summed E-state index contributed by atoms with van der Waals surface area (Å²) in [6.45, 7) is 0.244. The Hall–Kier alpha value is -3.81. The van der Waals surface area contributed by atoms with Gasteiger partial charge in [-0.3, -0.25) is 14.4 Å². The monoisotopic (exact) mass is 495 g/mol. The average molecular weight is 496 g/mol. The molecule has 1 amide bonds. The molecular weight excluding hydrogens is 468 g/mol. The van der Waals surface area contributed by atoms with E-state index >= 15 is 0 Å². The van der Waals surface area contributed by atoms with Gasteiger partial charge in [0.15, 0.2) is 5.78 Å². The van der Waals surface area contributed by atoms with E-state index in [1.807, 2.05) is 0 Å². The van der Waals surface area contributed by atoms with E-state index in [2.05, 4.69) is 5.32 Å². The molecular formula is C28H27F2NO5. The Balaban J connectivity index is 1.24. The fourth-order valence-corrected chi connectivity index (χ4v) is 4.46. The third-order valence-corrected chi connectivity index (χ3v) is 6.50. The molecule has 3 aromatic rings. The summed E-state index contributed by atoms with van der Waals surface area (Å²) in [7, 11) is 0. The topological polar surface area (TPSA) is 92.7 Å². The zero-order valence-corrected chi connectivity index (χ0v) is 19.6. The molecule has 0 radical (unpaired) electrons. The van der Waals surface area contributed by atoms with Crippen molar-refractivity contribution in [3.8, 4) is 5.75 Å². The number of nitrogens with one attached hydrogen (secondary N) is 1. The second kappa shape index (κ2) is 11.3. The van der Waals surface area contributed by atoms with E-state index in [0.717, 1.165) is 5.39 Å². The Morgan fingerprint density at radius 3 is 2.36 bits per heavy atom. The SMILES string of the molecule is O=C(NCCCC(=O)c1ccc(OC2CCC(C(=O)O)CC2)cc1F)c1ccc2cc(F)ccc2c1. The molecule has 188 valence electrons. The Morgan fingerprint density at radius 1 is 0.917 bits per heavy atom. The van der Waals surface area contributed by atoms with E-state index in [4.69, 9.17) is 9.84 Å². The Labute approximate surface area is 207 Å². The molecule has 0 bridgehead atoms. The van der Waals surface area contributed by atoms with Crippen molar-refractivity contribution in [1.29, 1.82) is 0 Å². The number of hydrogen-bond donors (Lipinski definition) is 2. The highest BCUT2D eigenvalue weighted by Crippen LogP contribution is 2.29. The summed E-state index contributed by atoms with van der Waals surface area (Å²) in [5, 5.41) is 13.3. The van der Waals surface area contributed by atoms with E-state index in [-0.39, 0.29) is 48.1 Å². The number of Topliss-reactive ketones (excluding diaryl/α,β-unsaturated/α-hetero) is 1. The molecule has 0 heterocycles. The van der Waals surface area contributed by atoms with E-state index in [0.29, 0.717) is 48.8 Å². The van der Waals surface area contributed by atoms with Crippen molar-refractivity contribution in [2.24, 2.45) is 5.92 Å². The van der Waals surface area contributed by atoms with Crippen LogP contribution in [0, 0.1) is 17.6 Å². The van der Waals surface area contributed by atoms with Crippen LogP contribution in [-0.4, -0.2) is 35.4 Å². The lowest BCUT2D eigenvalue weighted by atomic mass is 9.87. The molecule has 0 aliphatic heterocycles. The molecule has 3 aromatic carbocycles. The van der Waals surface area contributed by atoms with Gasteiger partial charge in [0.25, 0.3) is 5.91 Å². The van der Waals surface area contributed by atoms with Gasteiger partial charge in [0.2, 0.25) is 0 Å². The van der Waals surface area contributed by atoms with Gasteiger partial charge in [-0.1, -0.05) is 12.1 Å². The van der Waals surface area contributed by atoms with Crippen molar-refractivity contribution in [2.45, 2.75) is 44.6 Å². The summed E-state index contributed by atoms with van der Waals surface area (Å²) in [5.74, 6) is -2.54. The van der Waals surface area contributed by atoms with Gasteiger partial charge < -0.3 is 15.2 Å². The number of aliphatic carboxylic acids is 1. The van der Waals surface area contributed by atoms with E-state index in [1.165, 1.54) is 24.3 Å². The minimum atomic E-state index is -0.798. The predicted octanol–water partition coefficient (Wildman–Crippen LogP) is 5.53. The number of rotatable bonds is 9. The van der Waals surface area contributed by atoms with Crippen molar-refractivity contribution in [3.05, 3.63) is 77.4 Å². The molecule has 8 heteroatoms. The standard InChI is InChI=1S/C28H27F2NO5/c29-21-8-5-18-14-20(4-3-19(18)15-21)27(33)31-13-1-2-26(32)24-12-11-23(16-25(24)30)36-22-9-6-17(7-10-22)28(34)35/h3-5,8,11-12,14-17,22H,1-2,6-7,9-10,13H2,(H,31,33)(H,34,35). The minimum Gasteiger partial charge on any atom is -0.490 e. The molecule has 1 saturated carbocycles. The van der Waals surface area contributed by atoms with Gasteiger partial charge in [0.1, 0.15) is 17.4 Å². The van der Waals surface area contributed by atoms with Crippen LogP contribution in [0.4, 0.5) is 8.78 Å². The molecule has 0 saturated heterocycles. The van der Waals surface area contributed by atoms with Gasteiger partial charge >= 0.3 is 5.97 Å². The first-order valence-electron chi connectivity index (χ1n) is 12.0. The highest BCUT2D eigenvalue weighted by molar-refractivity contribution is 5.99. The molecule has 0 atom stereocenters. The number of carbonyl (C=O) groups is 3. The number of fused-ring (bicyclic) bond motifs is 1. The average Bonchev–Trinajstić information content (AvgIpc) is 2.86. The lowest BCUT2D eigenvalue weighted by molar-refractivity contribution is -0.143. The maximum absolute atomic E-state index is 14.6. The summed E-state index contributed by atoms with van der Waals surface area (Å²) in [6.07, 6.45) is 2.45. The number of amides is 1. The number of carbonyl (C=O) groups excluding carboxylic acids is 2. The van der Waals surface area contributed by atoms with Gasteiger partial charge in [0, 0.05) is 24.6 Å². The van der Waals surface area contributed by atoms with Crippen molar-refractivity contribution < 1.29 is 33.0 Å². The number of hydrogen-bond acceptors (Lipinski definition) is 4. The predicted molar refractivity (Wildman–Crippen MR) is 130 cm³/mol. The van der Waals surface area contributed by atoms with Crippen LogP contribution in [0.25, 0.3) is 10.8 Å². The molecule has 1 aliphatic carbocycles. The molecule has 1 aliphatic rings. The molecule has 2 N–H and O–H groups in total. The van der Waals surface area contributed by atoms with Crippen molar-refractivity contribution >= 4 is 28.4 Å². The number of carboxylic acid groups (broad SMARTS) is 1. The van der Waals surface area contributed by atoms with Crippen molar-refractivity contribution in [1.82, 2.24) is 5.32 Å². The molecule has 1 fully saturated rings. The second-order valence-corrected chi connectivity index (χ2v) is 9.06. The van der Waals surface area contributed by atoms with Crippen LogP contribution in [-0.2, 0) is 4.79 Å². The van der Waals surface area contributed by atoms with E-state index in [1.54, 1.807) is 30.3 Å². The van der Waals surface area contributed by atoms with Crippen LogP contribution in [0.1, 0.15) is 59.2 Å². The van der Waals surface area contributed by atoms with Gasteiger partial charge in [-0.15, -0.1) is 0 Å². The van der Waals surface area contributed by atoms with Gasteiger partial charge in [-0.25, -0.2) is 8.78 Å². The summed E-state index contributed by atoms with van der Waals surface area (Å²) in [4.78, 5) is 35.9. The molecule has 0 unspecified atom stereocenters. The minimum absolute atomic E-state index is 0.0370. The number of carboxylic acids is 1. The summed E-state index contributed by atoms with van der Waals surface area (Å²) in [6, 6.07) is 13.4. The van der Waals surface area contributed by atoms with Crippen LogP contribution in [0.3, 0.4) is 0 Å². The van der Waals surface area contributed by atoms with Crippen LogP contribution >= 0.6 is 0 Å². The Morgan fingerprint density at radius 2 is 1.64 bits per heavy atom. The highest BCUT2D eigenvalue weighted by atomic mass is 19.1. The molecule has 36 heavy (non-hydrogen) atoms. The zero-order chi connectivity index (χ0) is 25.7. The number of ether oxygens (including phenoxy) is 1. The summed E-state index contributed by atoms with van der Waals surface area (Å²) >= 11 is 0. The van der Waals surface area contributed by atoms with Gasteiger partial charge in [-0.2, -0.15) is 0 Å². The molecule has 4 rings (SSSR count). The molecule has 0 spiro atoms. The largest absolute Gasteiger partial charge is 0.490 e. The first-order valence-corrected chi connectivity index (χ1v) is 12.0. The maximum Gasteiger partial charge on any atom is 0.306 e. The number of halogens is 2. The maximum atomic E-state index is 14.6. The summed E-state index contributed by atoms with van der Waals surface area (Å²) < 4.78 is 33.7. The number of ketones is 1. The van der Waals surface area contributed by atoms with Crippen molar-refractivity contribution in [2.75, 3.05) is 6.54 Å². The lowest BCUT2D eigenvalue weighted by Gasteiger charge is -2.26. The molecule has 6 nitrogen and oxygen atoms in total. The molecule has 0 aromatic heterocycles. The lowest BCUT2D eigenvalue weighted by Crippen LogP contribution is -2.27. The zero-order valence-electron chi connectivity index (χ0n) is 19.6. The van der Waals surface area contributed by atoms with E-state index < -0.39 is 11.8 Å². The second-order valence-electron chi connectivity index (χ2n) is 9.06. The smallest absolute Gasteiger partial charge is 0.306 e. The van der Waals surface area contributed by atoms with Crippen LogP contribution in [0.5, 0.6) is 5.75 Å². The Kier molecular flexibility index (Phi) is 7.93. The van der Waals surface area contributed by atoms with Crippen LogP contribution < -0.4 is 10.1 Å². The third kappa shape index (κ3) is 6.24. The van der Waals surface area contributed by atoms with E-state index in [9.17, 15) is 23.2 Å². The number of benzene rings is 3. The normalized spacial score (nSPS) is 17.5. The van der Waals surface area contributed by atoms with Crippen LogP contribution in [0.2, 0.25) is 0 Å².